The number of rotatable bonds is 7. The van der Waals surface area contributed by atoms with Crippen LogP contribution in [0.3, 0.4) is 0 Å². The number of para-hydroxylation sites is 1. The first-order chi connectivity index (χ1) is 11.5. The normalized spacial score (nSPS) is 10.9. The molecule has 0 aliphatic rings. The molecule has 0 aliphatic carbocycles. The maximum Gasteiger partial charge on any atom is 0.261 e. The van der Waals surface area contributed by atoms with Crippen molar-refractivity contribution in [2.75, 3.05) is 30.3 Å². The van der Waals surface area contributed by atoms with Gasteiger partial charge in [-0.05, 0) is 42.5 Å². The second-order valence-electron chi connectivity index (χ2n) is 4.87. The van der Waals surface area contributed by atoms with Crippen molar-refractivity contribution in [1.82, 2.24) is 5.32 Å². The Morgan fingerprint density at radius 1 is 1.08 bits per heavy atom. The average molecular weight is 365 g/mol. The van der Waals surface area contributed by atoms with Crippen LogP contribution in [-0.2, 0) is 14.8 Å². The van der Waals surface area contributed by atoms with E-state index in [1.165, 1.54) is 12.1 Å². The third-order valence-electron chi connectivity index (χ3n) is 3.02. The number of anilines is 2. The second kappa shape index (κ2) is 8.62. The van der Waals surface area contributed by atoms with Gasteiger partial charge in [-0.3, -0.25) is 4.72 Å². The topological polar surface area (TPSA) is 79.5 Å². The Bertz CT molecular complexity index is 780. The molecule has 6 nitrogen and oxygen atoms in total. The van der Waals surface area contributed by atoms with E-state index in [1.54, 1.807) is 43.5 Å². The third-order valence-corrected chi connectivity index (χ3v) is 4.65. The maximum atomic E-state index is 12.4. The minimum atomic E-state index is -3.67. The van der Waals surface area contributed by atoms with Gasteiger partial charge in [-0.1, -0.05) is 24.3 Å². The molecule has 2 aromatic rings. The van der Waals surface area contributed by atoms with Gasteiger partial charge in [0.05, 0.1) is 11.5 Å². The molecule has 2 rings (SSSR count). The zero-order valence-corrected chi connectivity index (χ0v) is 14.8. The summed E-state index contributed by atoms with van der Waals surface area (Å²) >= 11 is 5.15. The Morgan fingerprint density at radius 2 is 1.79 bits per heavy atom. The number of ether oxygens (including phenoxy) is 1. The van der Waals surface area contributed by atoms with Crippen molar-refractivity contribution in [3.8, 4) is 0 Å². The highest BCUT2D eigenvalue weighted by atomic mass is 32.2. The largest absolute Gasteiger partial charge is 0.383 e. The van der Waals surface area contributed by atoms with Crippen LogP contribution in [0.2, 0.25) is 0 Å². The lowest BCUT2D eigenvalue weighted by atomic mass is 10.3. The maximum absolute atomic E-state index is 12.4. The number of benzene rings is 2. The zero-order chi connectivity index (χ0) is 17.4. The molecule has 0 atom stereocenters. The number of nitrogens with one attached hydrogen (secondary N) is 3. The van der Waals surface area contributed by atoms with Crippen LogP contribution in [0.15, 0.2) is 59.5 Å². The summed E-state index contributed by atoms with van der Waals surface area (Å²) in [6.45, 7) is 1.09. The van der Waals surface area contributed by atoms with E-state index in [2.05, 4.69) is 15.4 Å². The van der Waals surface area contributed by atoms with Crippen molar-refractivity contribution >= 4 is 38.7 Å². The van der Waals surface area contributed by atoms with Crippen molar-refractivity contribution in [2.24, 2.45) is 0 Å². The fraction of sp³-hybridized carbons (Fsp3) is 0.188. The molecule has 0 radical (unpaired) electrons. The first kappa shape index (κ1) is 18.2. The van der Waals surface area contributed by atoms with E-state index in [-0.39, 0.29) is 4.90 Å². The van der Waals surface area contributed by atoms with Crippen LogP contribution >= 0.6 is 12.2 Å². The molecule has 0 spiro atoms. The first-order valence-corrected chi connectivity index (χ1v) is 9.12. The summed E-state index contributed by atoms with van der Waals surface area (Å²) < 4.78 is 32.4. The number of hydrogen-bond acceptors (Lipinski definition) is 4. The Kier molecular flexibility index (Phi) is 6.53. The molecule has 8 heteroatoms. The lowest BCUT2D eigenvalue weighted by molar-refractivity contribution is 0.204. The molecular weight excluding hydrogens is 346 g/mol. The Labute approximate surface area is 147 Å². The molecule has 0 saturated carbocycles. The van der Waals surface area contributed by atoms with E-state index < -0.39 is 10.0 Å². The van der Waals surface area contributed by atoms with Gasteiger partial charge in [-0.2, -0.15) is 0 Å². The van der Waals surface area contributed by atoms with Crippen LogP contribution in [0.4, 0.5) is 11.4 Å². The Morgan fingerprint density at radius 3 is 2.50 bits per heavy atom. The van der Waals surface area contributed by atoms with E-state index in [0.29, 0.717) is 29.6 Å². The summed E-state index contributed by atoms with van der Waals surface area (Å²) in [5, 5.41) is 6.31. The minimum absolute atomic E-state index is 0.149. The molecule has 2 aromatic carbocycles. The van der Waals surface area contributed by atoms with E-state index >= 15 is 0 Å². The van der Waals surface area contributed by atoms with Gasteiger partial charge < -0.3 is 15.4 Å². The number of sulfonamides is 1. The summed E-state index contributed by atoms with van der Waals surface area (Å²) in [5.41, 5.74) is 1.09. The smallest absolute Gasteiger partial charge is 0.261 e. The van der Waals surface area contributed by atoms with Crippen LogP contribution < -0.4 is 15.4 Å². The van der Waals surface area contributed by atoms with Crippen molar-refractivity contribution in [2.45, 2.75) is 4.90 Å². The minimum Gasteiger partial charge on any atom is -0.383 e. The average Bonchev–Trinajstić information content (AvgIpc) is 2.56. The molecule has 0 amide bonds. The van der Waals surface area contributed by atoms with Gasteiger partial charge in [0.25, 0.3) is 10.0 Å². The highest BCUT2D eigenvalue weighted by Crippen LogP contribution is 2.19. The summed E-state index contributed by atoms with van der Waals surface area (Å²) in [5.74, 6) is 0. The molecule has 3 N–H and O–H groups in total. The van der Waals surface area contributed by atoms with E-state index in [0.717, 1.165) is 0 Å². The van der Waals surface area contributed by atoms with Crippen LogP contribution in [-0.4, -0.2) is 33.8 Å². The first-order valence-electron chi connectivity index (χ1n) is 7.23. The fourth-order valence-electron chi connectivity index (χ4n) is 1.90. The molecule has 0 aromatic heterocycles. The number of thiocarbonyl (C=S) groups is 1. The van der Waals surface area contributed by atoms with Gasteiger partial charge in [0, 0.05) is 25.0 Å². The molecule has 0 unspecified atom stereocenters. The molecular formula is C16H19N3O3S2. The summed E-state index contributed by atoms with van der Waals surface area (Å²) in [6.07, 6.45) is 0. The molecule has 0 saturated heterocycles. The highest BCUT2D eigenvalue weighted by Gasteiger charge is 2.14. The van der Waals surface area contributed by atoms with Gasteiger partial charge >= 0.3 is 0 Å². The van der Waals surface area contributed by atoms with Crippen molar-refractivity contribution < 1.29 is 13.2 Å². The predicted octanol–water partition coefficient (Wildman–Crippen LogP) is 2.42. The molecule has 128 valence electrons. The standard InChI is InChI=1S/C16H19N3O3S2/c1-22-11-10-17-16(23)18-14-8-5-9-15(12-14)24(20,21)19-13-6-3-2-4-7-13/h2-9,12,19H,10-11H2,1H3,(H2,17,18,23). The van der Waals surface area contributed by atoms with E-state index in [4.69, 9.17) is 17.0 Å². The fourth-order valence-corrected chi connectivity index (χ4v) is 3.23. The monoisotopic (exact) mass is 365 g/mol. The quantitative estimate of drug-likeness (QED) is 0.517. The van der Waals surface area contributed by atoms with Crippen molar-refractivity contribution in [3.05, 3.63) is 54.6 Å². The van der Waals surface area contributed by atoms with Crippen LogP contribution in [0.25, 0.3) is 0 Å². The summed E-state index contributed by atoms with van der Waals surface area (Å²) in [7, 11) is -2.06. The molecule has 0 bridgehead atoms. The Hall–Kier alpha value is -2.16. The van der Waals surface area contributed by atoms with Gasteiger partial charge in [0.1, 0.15) is 0 Å². The van der Waals surface area contributed by atoms with Gasteiger partial charge in [0.15, 0.2) is 5.11 Å². The predicted molar refractivity (Wildman–Crippen MR) is 99.8 cm³/mol. The third kappa shape index (κ3) is 5.48. The molecule has 0 aliphatic heterocycles. The number of methoxy groups -OCH3 is 1. The summed E-state index contributed by atoms with van der Waals surface area (Å²) in [4.78, 5) is 0.149. The Balaban J connectivity index is 2.07. The lowest BCUT2D eigenvalue weighted by Crippen LogP contribution is -2.31. The van der Waals surface area contributed by atoms with Gasteiger partial charge in [0.2, 0.25) is 0 Å². The van der Waals surface area contributed by atoms with Gasteiger partial charge in [-0.25, -0.2) is 8.42 Å². The lowest BCUT2D eigenvalue weighted by Gasteiger charge is -2.12. The van der Waals surface area contributed by atoms with Crippen molar-refractivity contribution in [3.63, 3.8) is 0 Å². The van der Waals surface area contributed by atoms with Gasteiger partial charge in [-0.15, -0.1) is 0 Å². The molecule has 24 heavy (non-hydrogen) atoms. The number of hydrogen-bond donors (Lipinski definition) is 3. The van der Waals surface area contributed by atoms with Crippen molar-refractivity contribution in [1.29, 1.82) is 0 Å². The summed E-state index contributed by atoms with van der Waals surface area (Å²) in [6, 6.07) is 15.2. The molecule has 0 fully saturated rings. The zero-order valence-electron chi connectivity index (χ0n) is 13.2. The van der Waals surface area contributed by atoms with Crippen LogP contribution in [0, 0.1) is 0 Å². The van der Waals surface area contributed by atoms with Crippen LogP contribution in [0.5, 0.6) is 0 Å². The highest BCUT2D eigenvalue weighted by molar-refractivity contribution is 7.92. The van der Waals surface area contributed by atoms with Crippen LogP contribution in [0.1, 0.15) is 0 Å². The van der Waals surface area contributed by atoms with E-state index in [9.17, 15) is 8.42 Å². The second-order valence-corrected chi connectivity index (χ2v) is 6.96. The van der Waals surface area contributed by atoms with E-state index in [1.807, 2.05) is 6.07 Å². The SMILES string of the molecule is COCCNC(=S)Nc1cccc(S(=O)(=O)Nc2ccccc2)c1. The molecule has 0 heterocycles.